The standard InChI is InChI=1S/C21H36N4O/c1-21(2,3)19(26-5)15-23-20(22-4)24-18-11-13-25(14-12-18)16-17-9-7-6-8-10-17/h6-10,18-19H,11-16H2,1-5H3,(H2,22,23,24). The van der Waals surface area contributed by atoms with E-state index in [0.717, 1.165) is 45.0 Å². The second-order valence-electron chi connectivity index (χ2n) is 8.22. The number of aliphatic imine (C=N–C) groups is 1. The molecule has 1 unspecified atom stereocenters. The van der Waals surface area contributed by atoms with Crippen LogP contribution in [0.2, 0.25) is 0 Å². The number of nitrogens with zero attached hydrogens (tertiary/aromatic N) is 2. The van der Waals surface area contributed by atoms with Crippen molar-refractivity contribution in [2.75, 3.05) is 33.8 Å². The number of piperidine rings is 1. The predicted molar refractivity (Wildman–Crippen MR) is 109 cm³/mol. The Kier molecular flexibility index (Phi) is 7.91. The Morgan fingerprint density at radius 2 is 1.88 bits per heavy atom. The second kappa shape index (κ2) is 9.93. The molecule has 0 aliphatic carbocycles. The van der Waals surface area contributed by atoms with Crippen LogP contribution in [-0.2, 0) is 11.3 Å². The van der Waals surface area contributed by atoms with Gasteiger partial charge in [0.2, 0.25) is 0 Å². The minimum Gasteiger partial charge on any atom is -0.379 e. The maximum atomic E-state index is 5.62. The third-order valence-corrected chi connectivity index (χ3v) is 5.11. The van der Waals surface area contributed by atoms with E-state index in [2.05, 4.69) is 71.6 Å². The Morgan fingerprint density at radius 3 is 2.42 bits per heavy atom. The first-order valence-corrected chi connectivity index (χ1v) is 9.68. The zero-order valence-corrected chi connectivity index (χ0v) is 17.1. The summed E-state index contributed by atoms with van der Waals surface area (Å²) in [5.41, 5.74) is 1.49. The molecule has 26 heavy (non-hydrogen) atoms. The molecule has 1 aromatic carbocycles. The summed E-state index contributed by atoms with van der Waals surface area (Å²) >= 11 is 0. The molecule has 0 aromatic heterocycles. The molecule has 2 rings (SSSR count). The van der Waals surface area contributed by atoms with Crippen LogP contribution in [0.4, 0.5) is 0 Å². The second-order valence-corrected chi connectivity index (χ2v) is 8.22. The van der Waals surface area contributed by atoms with Gasteiger partial charge >= 0.3 is 0 Å². The number of likely N-dealkylation sites (tertiary alicyclic amines) is 1. The molecule has 1 aliphatic rings. The molecule has 1 saturated heterocycles. The SMILES string of the molecule is CN=C(NCC(OC)C(C)(C)C)NC1CCN(Cc2ccccc2)CC1. The van der Waals surface area contributed by atoms with Gasteiger partial charge in [-0.25, -0.2) is 0 Å². The van der Waals surface area contributed by atoms with Crippen molar-refractivity contribution in [2.24, 2.45) is 10.4 Å². The Labute approximate surface area is 159 Å². The van der Waals surface area contributed by atoms with Crippen LogP contribution in [0.5, 0.6) is 0 Å². The van der Waals surface area contributed by atoms with Crippen LogP contribution in [0, 0.1) is 5.41 Å². The van der Waals surface area contributed by atoms with Crippen molar-refractivity contribution in [1.82, 2.24) is 15.5 Å². The van der Waals surface area contributed by atoms with Gasteiger partial charge in [0, 0.05) is 46.4 Å². The van der Waals surface area contributed by atoms with Crippen molar-refractivity contribution in [2.45, 2.75) is 52.3 Å². The third-order valence-electron chi connectivity index (χ3n) is 5.11. The smallest absolute Gasteiger partial charge is 0.191 e. The average Bonchev–Trinajstić information content (AvgIpc) is 2.62. The van der Waals surface area contributed by atoms with Crippen molar-refractivity contribution >= 4 is 5.96 Å². The van der Waals surface area contributed by atoms with E-state index in [0.29, 0.717) is 6.04 Å². The number of methoxy groups -OCH3 is 1. The monoisotopic (exact) mass is 360 g/mol. The number of hydrogen-bond donors (Lipinski definition) is 2. The van der Waals surface area contributed by atoms with Crippen LogP contribution in [0.25, 0.3) is 0 Å². The minimum absolute atomic E-state index is 0.101. The molecule has 1 atom stereocenters. The summed E-state index contributed by atoms with van der Waals surface area (Å²) in [6, 6.07) is 11.2. The fourth-order valence-electron chi connectivity index (χ4n) is 3.40. The van der Waals surface area contributed by atoms with Gasteiger partial charge < -0.3 is 15.4 Å². The molecule has 0 saturated carbocycles. The highest BCUT2D eigenvalue weighted by atomic mass is 16.5. The summed E-state index contributed by atoms with van der Waals surface area (Å²) in [4.78, 5) is 6.91. The minimum atomic E-state index is 0.101. The van der Waals surface area contributed by atoms with E-state index >= 15 is 0 Å². The van der Waals surface area contributed by atoms with E-state index in [4.69, 9.17) is 4.74 Å². The van der Waals surface area contributed by atoms with Crippen LogP contribution in [-0.4, -0.2) is 56.8 Å². The summed E-state index contributed by atoms with van der Waals surface area (Å²) in [5, 5.41) is 7.00. The topological polar surface area (TPSA) is 48.9 Å². The molecular formula is C21H36N4O. The highest BCUT2D eigenvalue weighted by Crippen LogP contribution is 2.21. The van der Waals surface area contributed by atoms with Crippen molar-refractivity contribution < 1.29 is 4.74 Å². The molecule has 146 valence electrons. The Bertz CT molecular complexity index is 545. The van der Waals surface area contributed by atoms with Crippen LogP contribution in [0.1, 0.15) is 39.2 Å². The van der Waals surface area contributed by atoms with Gasteiger partial charge in [-0.05, 0) is 23.8 Å². The highest BCUT2D eigenvalue weighted by Gasteiger charge is 2.25. The van der Waals surface area contributed by atoms with E-state index in [9.17, 15) is 0 Å². The quantitative estimate of drug-likeness (QED) is 0.605. The lowest BCUT2D eigenvalue weighted by Gasteiger charge is -2.34. The lowest BCUT2D eigenvalue weighted by atomic mass is 9.89. The molecular weight excluding hydrogens is 324 g/mol. The van der Waals surface area contributed by atoms with Gasteiger partial charge in [-0.2, -0.15) is 0 Å². The van der Waals surface area contributed by atoms with E-state index < -0.39 is 0 Å². The lowest BCUT2D eigenvalue weighted by molar-refractivity contribution is 0.0204. The summed E-state index contributed by atoms with van der Waals surface area (Å²) < 4.78 is 5.62. The number of guanidine groups is 1. The fourth-order valence-corrected chi connectivity index (χ4v) is 3.40. The lowest BCUT2D eigenvalue weighted by Crippen LogP contribution is -2.51. The number of nitrogens with one attached hydrogen (secondary N) is 2. The van der Waals surface area contributed by atoms with E-state index in [1.807, 2.05) is 7.05 Å². The number of hydrogen-bond acceptors (Lipinski definition) is 3. The molecule has 0 bridgehead atoms. The summed E-state index contributed by atoms with van der Waals surface area (Å²) in [6.45, 7) is 10.6. The van der Waals surface area contributed by atoms with Gasteiger partial charge in [-0.1, -0.05) is 51.1 Å². The highest BCUT2D eigenvalue weighted by molar-refractivity contribution is 5.80. The number of rotatable bonds is 6. The summed E-state index contributed by atoms with van der Waals surface area (Å²) in [6.07, 6.45) is 2.43. The zero-order valence-electron chi connectivity index (χ0n) is 17.1. The van der Waals surface area contributed by atoms with Crippen LogP contribution >= 0.6 is 0 Å². The first kappa shape index (κ1) is 20.7. The maximum Gasteiger partial charge on any atom is 0.191 e. The summed E-state index contributed by atoms with van der Waals surface area (Å²) in [7, 11) is 3.61. The zero-order chi connectivity index (χ0) is 19.0. The molecule has 1 heterocycles. The number of benzene rings is 1. The maximum absolute atomic E-state index is 5.62. The van der Waals surface area contributed by atoms with Crippen molar-refractivity contribution in [3.8, 4) is 0 Å². The molecule has 0 radical (unpaired) electrons. The molecule has 5 nitrogen and oxygen atoms in total. The van der Waals surface area contributed by atoms with E-state index in [1.165, 1.54) is 5.56 Å². The largest absolute Gasteiger partial charge is 0.379 e. The van der Waals surface area contributed by atoms with Gasteiger partial charge in [0.15, 0.2) is 5.96 Å². The van der Waals surface area contributed by atoms with Crippen molar-refractivity contribution in [3.63, 3.8) is 0 Å². The first-order chi connectivity index (χ1) is 12.4. The summed E-state index contributed by atoms with van der Waals surface area (Å²) in [5.74, 6) is 0.873. The molecule has 1 fully saturated rings. The van der Waals surface area contributed by atoms with Crippen molar-refractivity contribution in [1.29, 1.82) is 0 Å². The van der Waals surface area contributed by atoms with Gasteiger partial charge in [-0.15, -0.1) is 0 Å². The van der Waals surface area contributed by atoms with Crippen LogP contribution in [0.3, 0.4) is 0 Å². The fraction of sp³-hybridized carbons (Fsp3) is 0.667. The molecule has 1 aromatic rings. The molecule has 2 N–H and O–H groups in total. The van der Waals surface area contributed by atoms with E-state index in [-0.39, 0.29) is 11.5 Å². The molecule has 1 aliphatic heterocycles. The average molecular weight is 361 g/mol. The molecule has 5 heteroatoms. The Balaban J connectivity index is 1.74. The van der Waals surface area contributed by atoms with Gasteiger partial charge in [0.25, 0.3) is 0 Å². The van der Waals surface area contributed by atoms with E-state index in [1.54, 1.807) is 7.11 Å². The number of ether oxygens (including phenoxy) is 1. The van der Waals surface area contributed by atoms with Crippen molar-refractivity contribution in [3.05, 3.63) is 35.9 Å². The van der Waals surface area contributed by atoms with Gasteiger partial charge in [0.05, 0.1) is 6.10 Å². The van der Waals surface area contributed by atoms with Crippen LogP contribution < -0.4 is 10.6 Å². The first-order valence-electron chi connectivity index (χ1n) is 9.68. The van der Waals surface area contributed by atoms with Crippen LogP contribution in [0.15, 0.2) is 35.3 Å². The molecule has 0 amide bonds. The normalized spacial score (nSPS) is 18.6. The predicted octanol–water partition coefficient (Wildman–Crippen LogP) is 2.88. The molecule has 0 spiro atoms. The Hall–Kier alpha value is -1.59. The third kappa shape index (κ3) is 6.61. The van der Waals surface area contributed by atoms with Gasteiger partial charge in [0.1, 0.15) is 0 Å². The van der Waals surface area contributed by atoms with Gasteiger partial charge in [-0.3, -0.25) is 9.89 Å². The Morgan fingerprint density at radius 1 is 1.23 bits per heavy atom.